The molecule has 1 nitrogen and oxygen atoms in total. The molecule has 0 saturated heterocycles. The van der Waals surface area contributed by atoms with Gasteiger partial charge < -0.3 is 5.32 Å². The molecule has 14 heavy (non-hydrogen) atoms. The Morgan fingerprint density at radius 3 is 2.93 bits per heavy atom. The van der Waals surface area contributed by atoms with Crippen LogP contribution in [-0.4, -0.2) is 17.9 Å². The second-order valence-electron chi connectivity index (χ2n) is 3.38. The van der Waals surface area contributed by atoms with Gasteiger partial charge in [0.2, 0.25) is 0 Å². The van der Waals surface area contributed by atoms with Crippen LogP contribution in [0.1, 0.15) is 12.5 Å². The number of hydrogen-bond acceptors (Lipinski definition) is 1. The van der Waals surface area contributed by atoms with E-state index < -0.39 is 0 Å². The van der Waals surface area contributed by atoms with Gasteiger partial charge in [0.15, 0.2) is 0 Å². The predicted octanol–water partition coefficient (Wildman–Crippen LogP) is 2.74. The van der Waals surface area contributed by atoms with E-state index in [4.69, 9.17) is 0 Å². The first-order chi connectivity index (χ1) is 6.72. The van der Waals surface area contributed by atoms with Crippen LogP contribution in [0.5, 0.6) is 0 Å². The van der Waals surface area contributed by atoms with E-state index >= 15 is 0 Å². The van der Waals surface area contributed by atoms with Crippen LogP contribution in [0, 0.1) is 5.82 Å². The van der Waals surface area contributed by atoms with Gasteiger partial charge in [-0.25, -0.2) is 4.39 Å². The topological polar surface area (TPSA) is 12.0 Å². The van der Waals surface area contributed by atoms with E-state index in [0.29, 0.717) is 6.04 Å². The van der Waals surface area contributed by atoms with Crippen molar-refractivity contribution in [2.75, 3.05) is 11.9 Å². The Morgan fingerprint density at radius 1 is 1.50 bits per heavy atom. The Morgan fingerprint density at radius 2 is 2.29 bits per heavy atom. The van der Waals surface area contributed by atoms with E-state index in [1.807, 2.05) is 6.07 Å². The molecule has 0 saturated carbocycles. The van der Waals surface area contributed by atoms with Gasteiger partial charge in [-0.05, 0) is 31.0 Å². The lowest BCUT2D eigenvalue weighted by Gasteiger charge is -2.12. The van der Waals surface area contributed by atoms with Crippen molar-refractivity contribution in [1.29, 1.82) is 0 Å². The number of halogens is 2. The van der Waals surface area contributed by atoms with Crippen molar-refractivity contribution in [2.45, 2.75) is 19.4 Å². The van der Waals surface area contributed by atoms with E-state index in [-0.39, 0.29) is 5.82 Å². The van der Waals surface area contributed by atoms with Gasteiger partial charge >= 0.3 is 0 Å². The normalized spacial score (nSPS) is 12.8. The second kappa shape index (κ2) is 6.14. The maximum atomic E-state index is 12.8. The lowest BCUT2D eigenvalue weighted by Crippen LogP contribution is -2.29. The molecule has 78 valence electrons. The molecule has 0 aliphatic heterocycles. The number of alkyl halides is 1. The van der Waals surface area contributed by atoms with Crippen molar-refractivity contribution in [3.05, 3.63) is 35.6 Å². The molecule has 0 aliphatic carbocycles. The number of nitrogens with one attached hydrogen (secondary N) is 1. The smallest absolute Gasteiger partial charge is 0.123 e. The predicted molar refractivity (Wildman–Crippen MR) is 61.4 cm³/mol. The van der Waals surface area contributed by atoms with Gasteiger partial charge in [-0.2, -0.15) is 0 Å². The maximum Gasteiger partial charge on any atom is 0.123 e. The molecule has 1 atom stereocenters. The van der Waals surface area contributed by atoms with Gasteiger partial charge in [0.25, 0.3) is 0 Å². The molecule has 0 aliphatic rings. The first kappa shape index (κ1) is 11.7. The summed E-state index contributed by atoms with van der Waals surface area (Å²) >= 11 is 3.35. The Balaban J connectivity index is 2.43. The van der Waals surface area contributed by atoms with Crippen molar-refractivity contribution < 1.29 is 4.39 Å². The molecule has 1 aromatic carbocycles. The molecule has 0 heterocycles. The fourth-order valence-corrected chi connectivity index (χ4v) is 1.62. The van der Waals surface area contributed by atoms with Gasteiger partial charge in [0.1, 0.15) is 5.82 Å². The molecule has 1 aromatic rings. The SMILES string of the molecule is C[C@@H](Cc1cccc(F)c1)NCCBr. The van der Waals surface area contributed by atoms with Gasteiger partial charge in [-0.15, -0.1) is 0 Å². The molecule has 3 heteroatoms. The van der Waals surface area contributed by atoms with Crippen molar-refractivity contribution in [2.24, 2.45) is 0 Å². The van der Waals surface area contributed by atoms with E-state index in [1.54, 1.807) is 12.1 Å². The highest BCUT2D eigenvalue weighted by Crippen LogP contribution is 2.06. The summed E-state index contributed by atoms with van der Waals surface area (Å²) in [6.45, 7) is 3.05. The fraction of sp³-hybridized carbons (Fsp3) is 0.455. The van der Waals surface area contributed by atoms with Crippen LogP contribution in [0.2, 0.25) is 0 Å². The number of benzene rings is 1. The third-order valence-electron chi connectivity index (χ3n) is 2.02. The first-order valence-corrected chi connectivity index (χ1v) is 5.88. The Kier molecular flexibility index (Phi) is 5.12. The molecule has 0 amide bonds. The summed E-state index contributed by atoms with van der Waals surface area (Å²) in [4.78, 5) is 0. The van der Waals surface area contributed by atoms with Crippen LogP contribution < -0.4 is 5.32 Å². The maximum absolute atomic E-state index is 12.8. The Hall–Kier alpha value is -0.410. The fourth-order valence-electron chi connectivity index (χ4n) is 1.39. The van der Waals surface area contributed by atoms with Gasteiger partial charge in [-0.1, -0.05) is 28.1 Å². The van der Waals surface area contributed by atoms with Crippen LogP contribution in [0.3, 0.4) is 0 Å². The quantitative estimate of drug-likeness (QED) is 0.803. The van der Waals surface area contributed by atoms with Crippen LogP contribution in [0.15, 0.2) is 24.3 Å². The number of hydrogen-bond donors (Lipinski definition) is 1. The molecule has 0 fully saturated rings. The van der Waals surface area contributed by atoms with Crippen molar-refractivity contribution >= 4 is 15.9 Å². The minimum absolute atomic E-state index is 0.157. The molecule has 0 bridgehead atoms. The summed E-state index contributed by atoms with van der Waals surface area (Å²) in [7, 11) is 0. The van der Waals surface area contributed by atoms with Gasteiger partial charge in [0.05, 0.1) is 0 Å². The molecule has 1 N–H and O–H groups in total. The standard InChI is InChI=1S/C11H15BrFN/c1-9(14-6-5-12)7-10-3-2-4-11(13)8-10/h2-4,8-9,14H,5-7H2,1H3/t9-/m0/s1. The number of rotatable bonds is 5. The monoisotopic (exact) mass is 259 g/mol. The third kappa shape index (κ3) is 4.20. The Labute approximate surface area is 92.8 Å². The molecule has 0 unspecified atom stereocenters. The van der Waals surface area contributed by atoms with Crippen LogP contribution in [0.25, 0.3) is 0 Å². The van der Waals surface area contributed by atoms with E-state index in [2.05, 4.69) is 28.2 Å². The lowest BCUT2D eigenvalue weighted by molar-refractivity contribution is 0.564. The van der Waals surface area contributed by atoms with E-state index in [9.17, 15) is 4.39 Å². The second-order valence-corrected chi connectivity index (χ2v) is 4.17. The van der Waals surface area contributed by atoms with Gasteiger partial charge in [-0.3, -0.25) is 0 Å². The molecular weight excluding hydrogens is 245 g/mol. The summed E-state index contributed by atoms with van der Waals surface area (Å²) in [6.07, 6.45) is 0.866. The van der Waals surface area contributed by atoms with Crippen LogP contribution >= 0.6 is 15.9 Å². The van der Waals surface area contributed by atoms with Crippen LogP contribution in [0.4, 0.5) is 4.39 Å². The zero-order valence-corrected chi connectivity index (χ0v) is 9.85. The zero-order chi connectivity index (χ0) is 10.4. The highest BCUT2D eigenvalue weighted by Gasteiger charge is 2.02. The van der Waals surface area contributed by atoms with Crippen molar-refractivity contribution in [1.82, 2.24) is 5.32 Å². The molecular formula is C11H15BrFN. The average molecular weight is 260 g/mol. The summed E-state index contributed by atoms with van der Waals surface area (Å²) in [6, 6.07) is 7.15. The van der Waals surface area contributed by atoms with Crippen molar-refractivity contribution in [3.8, 4) is 0 Å². The van der Waals surface area contributed by atoms with Crippen LogP contribution in [-0.2, 0) is 6.42 Å². The largest absolute Gasteiger partial charge is 0.313 e. The summed E-state index contributed by atoms with van der Waals surface area (Å²) < 4.78 is 12.8. The highest BCUT2D eigenvalue weighted by molar-refractivity contribution is 9.09. The highest BCUT2D eigenvalue weighted by atomic mass is 79.9. The summed E-state index contributed by atoms with van der Waals surface area (Å²) in [5.41, 5.74) is 1.04. The van der Waals surface area contributed by atoms with Gasteiger partial charge in [0, 0.05) is 17.9 Å². The van der Waals surface area contributed by atoms with E-state index in [1.165, 1.54) is 6.07 Å². The zero-order valence-electron chi connectivity index (χ0n) is 8.26. The minimum atomic E-state index is -0.157. The summed E-state index contributed by atoms with van der Waals surface area (Å²) in [5.74, 6) is -0.157. The Bertz CT molecular complexity index is 278. The lowest BCUT2D eigenvalue weighted by atomic mass is 10.1. The minimum Gasteiger partial charge on any atom is -0.313 e. The first-order valence-electron chi connectivity index (χ1n) is 4.76. The molecule has 0 spiro atoms. The third-order valence-corrected chi connectivity index (χ3v) is 2.41. The molecule has 0 aromatic heterocycles. The van der Waals surface area contributed by atoms with Crippen molar-refractivity contribution in [3.63, 3.8) is 0 Å². The van der Waals surface area contributed by atoms with E-state index in [0.717, 1.165) is 23.9 Å². The molecule has 1 rings (SSSR count). The molecule has 0 radical (unpaired) electrons. The average Bonchev–Trinajstić information content (AvgIpc) is 2.15. The summed E-state index contributed by atoms with van der Waals surface area (Å²) in [5, 5.41) is 4.28.